The number of methoxy groups -OCH3 is 1. The predicted molar refractivity (Wildman–Crippen MR) is 78.5 cm³/mol. The Kier molecular flexibility index (Phi) is 4.74. The van der Waals surface area contributed by atoms with Crippen LogP contribution < -0.4 is 5.32 Å². The van der Waals surface area contributed by atoms with Crippen LogP contribution in [0.3, 0.4) is 0 Å². The van der Waals surface area contributed by atoms with Crippen molar-refractivity contribution in [2.75, 3.05) is 12.4 Å². The van der Waals surface area contributed by atoms with Crippen LogP contribution >= 0.6 is 11.3 Å². The van der Waals surface area contributed by atoms with Crippen molar-refractivity contribution in [2.24, 2.45) is 0 Å². The number of benzene rings is 1. The summed E-state index contributed by atoms with van der Waals surface area (Å²) in [5.74, 6) is -0.459. The van der Waals surface area contributed by atoms with Gasteiger partial charge in [0.15, 0.2) is 0 Å². The number of hydrogen-bond acceptors (Lipinski definition) is 4. The van der Waals surface area contributed by atoms with Gasteiger partial charge in [0, 0.05) is 22.0 Å². The normalized spacial score (nSPS) is 10.3. The number of thiophene rings is 1. The van der Waals surface area contributed by atoms with Crippen molar-refractivity contribution in [3.05, 3.63) is 51.5 Å². The average molecular weight is 293 g/mol. The molecule has 0 saturated heterocycles. The first-order chi connectivity index (χ1) is 9.58. The smallest absolute Gasteiger partial charge is 0.310 e. The molecule has 3 nitrogen and oxygen atoms in total. The third-order valence-corrected chi connectivity index (χ3v) is 3.99. The van der Waals surface area contributed by atoms with Crippen LogP contribution in [-0.4, -0.2) is 13.1 Å². The number of anilines is 1. The van der Waals surface area contributed by atoms with Gasteiger partial charge in [0.2, 0.25) is 0 Å². The fourth-order valence-corrected chi connectivity index (χ4v) is 2.66. The van der Waals surface area contributed by atoms with E-state index in [-0.39, 0.29) is 11.8 Å². The molecule has 0 radical (unpaired) electrons. The molecule has 106 valence electrons. The summed E-state index contributed by atoms with van der Waals surface area (Å²) in [5, 5.41) is 3.16. The number of rotatable bonds is 5. The third-order valence-electron chi connectivity index (χ3n) is 2.90. The molecule has 0 spiro atoms. The second kappa shape index (κ2) is 6.52. The molecule has 0 unspecified atom stereocenters. The summed E-state index contributed by atoms with van der Waals surface area (Å²) in [6.07, 6.45) is 0.292. The van der Waals surface area contributed by atoms with Gasteiger partial charge in [-0.25, -0.2) is 4.39 Å². The van der Waals surface area contributed by atoms with Gasteiger partial charge in [-0.2, -0.15) is 0 Å². The maximum absolute atomic E-state index is 13.4. The Morgan fingerprint density at radius 1 is 1.30 bits per heavy atom. The van der Waals surface area contributed by atoms with Crippen molar-refractivity contribution < 1.29 is 13.9 Å². The zero-order chi connectivity index (χ0) is 14.5. The Morgan fingerprint density at radius 3 is 2.75 bits per heavy atom. The summed E-state index contributed by atoms with van der Waals surface area (Å²) >= 11 is 1.55. The van der Waals surface area contributed by atoms with Gasteiger partial charge in [0.25, 0.3) is 0 Å². The summed E-state index contributed by atoms with van der Waals surface area (Å²) in [6, 6.07) is 8.95. The van der Waals surface area contributed by atoms with Crippen molar-refractivity contribution in [1.82, 2.24) is 0 Å². The van der Waals surface area contributed by atoms with Crippen molar-refractivity contribution in [3.63, 3.8) is 0 Å². The first-order valence-corrected chi connectivity index (χ1v) is 7.04. The van der Waals surface area contributed by atoms with Crippen molar-refractivity contribution in [3.8, 4) is 0 Å². The van der Waals surface area contributed by atoms with Crippen LogP contribution in [0.2, 0.25) is 0 Å². The highest BCUT2D eigenvalue weighted by Crippen LogP contribution is 2.20. The van der Waals surface area contributed by atoms with E-state index in [0.29, 0.717) is 18.5 Å². The van der Waals surface area contributed by atoms with Crippen LogP contribution in [0, 0.1) is 12.7 Å². The van der Waals surface area contributed by atoms with Gasteiger partial charge in [-0.15, -0.1) is 11.3 Å². The summed E-state index contributed by atoms with van der Waals surface area (Å²) in [7, 11) is 1.38. The van der Waals surface area contributed by atoms with E-state index in [1.165, 1.54) is 13.2 Å². The number of aryl methyl sites for hydroxylation is 1. The van der Waals surface area contributed by atoms with E-state index >= 15 is 0 Å². The minimum atomic E-state index is -0.244. The molecule has 1 N–H and O–H groups in total. The Hall–Kier alpha value is -1.88. The Balaban J connectivity index is 1.93. The van der Waals surface area contributed by atoms with Crippen LogP contribution in [0.4, 0.5) is 10.1 Å². The second-order valence-corrected chi connectivity index (χ2v) is 5.69. The van der Waals surface area contributed by atoms with E-state index in [9.17, 15) is 9.18 Å². The lowest BCUT2D eigenvalue weighted by atomic mass is 10.2. The first-order valence-electron chi connectivity index (χ1n) is 6.23. The van der Waals surface area contributed by atoms with E-state index in [0.717, 1.165) is 15.4 Å². The molecule has 0 amide bonds. The monoisotopic (exact) mass is 293 g/mol. The quantitative estimate of drug-likeness (QED) is 0.857. The molecule has 0 aliphatic carbocycles. The summed E-state index contributed by atoms with van der Waals surface area (Å²) in [4.78, 5) is 13.2. The van der Waals surface area contributed by atoms with Gasteiger partial charge >= 0.3 is 5.97 Å². The van der Waals surface area contributed by atoms with Crippen LogP contribution in [0.1, 0.15) is 15.3 Å². The summed E-state index contributed by atoms with van der Waals surface area (Å²) < 4.78 is 18.0. The molecule has 20 heavy (non-hydrogen) atoms. The van der Waals surface area contributed by atoms with Crippen molar-refractivity contribution >= 4 is 23.0 Å². The highest BCUT2D eigenvalue weighted by molar-refractivity contribution is 7.12. The fourth-order valence-electron chi connectivity index (χ4n) is 1.72. The standard InChI is InChI=1S/C15H16FNO2S/c1-10-3-4-11(7-14(10)16)17-9-13-6-5-12(20-13)8-15(18)19-2/h3-7,17H,8-9H2,1-2H3. The molecular formula is C15H16FNO2S. The molecule has 1 aromatic carbocycles. The van der Waals surface area contributed by atoms with Crippen LogP contribution in [-0.2, 0) is 22.5 Å². The van der Waals surface area contributed by atoms with Crippen molar-refractivity contribution in [1.29, 1.82) is 0 Å². The van der Waals surface area contributed by atoms with Gasteiger partial charge in [-0.05, 0) is 36.8 Å². The number of hydrogen-bond donors (Lipinski definition) is 1. The lowest BCUT2D eigenvalue weighted by Crippen LogP contribution is -2.02. The molecule has 2 aromatic rings. The third kappa shape index (κ3) is 3.81. The molecule has 0 bridgehead atoms. The van der Waals surface area contributed by atoms with Gasteiger partial charge in [-0.3, -0.25) is 4.79 Å². The zero-order valence-corrected chi connectivity index (χ0v) is 12.2. The van der Waals surface area contributed by atoms with E-state index in [2.05, 4.69) is 10.1 Å². The van der Waals surface area contributed by atoms with E-state index in [1.807, 2.05) is 18.2 Å². The highest BCUT2D eigenvalue weighted by Gasteiger charge is 2.06. The molecule has 0 aliphatic heterocycles. The number of halogens is 1. The largest absolute Gasteiger partial charge is 0.469 e. The van der Waals surface area contributed by atoms with E-state index < -0.39 is 0 Å². The Morgan fingerprint density at radius 2 is 2.05 bits per heavy atom. The molecule has 0 aliphatic rings. The Bertz CT molecular complexity index is 610. The minimum Gasteiger partial charge on any atom is -0.469 e. The summed E-state index contributed by atoms with van der Waals surface area (Å²) in [5.41, 5.74) is 1.38. The topological polar surface area (TPSA) is 38.3 Å². The Labute approximate surface area is 121 Å². The maximum atomic E-state index is 13.4. The molecule has 0 atom stereocenters. The maximum Gasteiger partial charge on any atom is 0.310 e. The lowest BCUT2D eigenvalue weighted by molar-refractivity contribution is -0.139. The first kappa shape index (κ1) is 14.5. The number of esters is 1. The van der Waals surface area contributed by atoms with Gasteiger partial charge in [-0.1, -0.05) is 6.07 Å². The predicted octanol–water partition coefficient (Wildman–Crippen LogP) is 3.52. The molecule has 1 aromatic heterocycles. The molecular weight excluding hydrogens is 277 g/mol. The number of ether oxygens (including phenoxy) is 1. The lowest BCUT2D eigenvalue weighted by Gasteiger charge is -2.06. The zero-order valence-electron chi connectivity index (χ0n) is 11.4. The average Bonchev–Trinajstić information content (AvgIpc) is 2.87. The number of carbonyl (C=O) groups is 1. The molecule has 0 fully saturated rings. The van der Waals surface area contributed by atoms with Crippen LogP contribution in [0.5, 0.6) is 0 Å². The molecule has 0 saturated carbocycles. The van der Waals surface area contributed by atoms with Gasteiger partial charge < -0.3 is 10.1 Å². The molecule has 2 rings (SSSR count). The highest BCUT2D eigenvalue weighted by atomic mass is 32.1. The second-order valence-electron chi connectivity index (χ2n) is 4.44. The van der Waals surface area contributed by atoms with E-state index in [1.54, 1.807) is 24.3 Å². The summed E-state index contributed by atoms with van der Waals surface area (Å²) in [6.45, 7) is 2.34. The van der Waals surface area contributed by atoms with Crippen LogP contribution in [0.25, 0.3) is 0 Å². The van der Waals surface area contributed by atoms with Gasteiger partial charge in [0.05, 0.1) is 13.5 Å². The SMILES string of the molecule is COC(=O)Cc1ccc(CNc2ccc(C)c(F)c2)s1. The van der Waals surface area contributed by atoms with E-state index in [4.69, 9.17) is 0 Å². The number of carbonyl (C=O) groups excluding carboxylic acids is 1. The molecule has 5 heteroatoms. The van der Waals surface area contributed by atoms with Crippen molar-refractivity contribution in [2.45, 2.75) is 19.9 Å². The number of nitrogens with one attached hydrogen (secondary N) is 1. The fraction of sp³-hybridized carbons (Fsp3) is 0.267. The van der Waals surface area contributed by atoms with Gasteiger partial charge in [0.1, 0.15) is 5.82 Å². The van der Waals surface area contributed by atoms with Crippen LogP contribution in [0.15, 0.2) is 30.3 Å². The minimum absolute atomic E-state index is 0.215. The molecule has 1 heterocycles.